The Kier molecular flexibility index (Phi) is 4.11. The summed E-state index contributed by atoms with van der Waals surface area (Å²) in [6.45, 7) is 3.35. The van der Waals surface area contributed by atoms with Crippen molar-refractivity contribution in [2.24, 2.45) is 7.05 Å². The minimum Gasteiger partial charge on any atom is -0.365 e. The number of nitrogens with zero attached hydrogens (tertiary/aromatic N) is 4. The number of nitrogens with one attached hydrogen (secondary N) is 2. The van der Waals surface area contributed by atoms with Crippen molar-refractivity contribution in [3.05, 3.63) is 41.0 Å². The van der Waals surface area contributed by atoms with Gasteiger partial charge in [-0.05, 0) is 18.6 Å². The largest absolute Gasteiger partial charge is 0.365 e. The summed E-state index contributed by atoms with van der Waals surface area (Å²) >= 11 is 6.19. The lowest BCUT2D eigenvalue weighted by Crippen LogP contribution is -2.08. The van der Waals surface area contributed by atoms with Crippen LogP contribution in [0, 0.1) is 0 Å². The molecule has 0 spiro atoms. The van der Waals surface area contributed by atoms with E-state index in [0.29, 0.717) is 12.5 Å². The number of fused-ring (bicyclic) bond motifs is 1. The molecule has 0 aliphatic rings. The molecule has 0 atom stereocenters. The SMILES string of the molecule is CCNc1nc(NCc2ccccc2Cl)c2cnn(C)c2n1. The Morgan fingerprint density at radius 2 is 2.00 bits per heavy atom. The first kappa shape index (κ1) is 14.6. The van der Waals surface area contributed by atoms with Crippen LogP contribution in [0.25, 0.3) is 11.0 Å². The van der Waals surface area contributed by atoms with E-state index in [1.54, 1.807) is 10.9 Å². The summed E-state index contributed by atoms with van der Waals surface area (Å²) in [7, 11) is 1.86. The van der Waals surface area contributed by atoms with Crippen molar-refractivity contribution in [3.63, 3.8) is 0 Å². The third kappa shape index (κ3) is 2.82. The number of halogens is 1. The van der Waals surface area contributed by atoms with E-state index in [4.69, 9.17) is 11.6 Å². The van der Waals surface area contributed by atoms with Crippen LogP contribution in [0.5, 0.6) is 0 Å². The van der Waals surface area contributed by atoms with Gasteiger partial charge in [-0.3, -0.25) is 4.68 Å². The molecule has 3 rings (SSSR count). The lowest BCUT2D eigenvalue weighted by Gasteiger charge is -2.10. The second-order valence-corrected chi connectivity index (χ2v) is 5.28. The molecule has 2 N–H and O–H groups in total. The van der Waals surface area contributed by atoms with Crippen LogP contribution in [0.3, 0.4) is 0 Å². The van der Waals surface area contributed by atoms with Crippen molar-refractivity contribution in [1.82, 2.24) is 19.7 Å². The molecule has 0 radical (unpaired) electrons. The summed E-state index contributed by atoms with van der Waals surface area (Å²) in [5.41, 5.74) is 1.80. The first-order valence-corrected chi connectivity index (χ1v) is 7.47. The van der Waals surface area contributed by atoms with E-state index < -0.39 is 0 Å². The summed E-state index contributed by atoms with van der Waals surface area (Å²) in [5, 5.41) is 12.3. The molecular formula is C15H17ClN6. The van der Waals surface area contributed by atoms with Crippen LogP contribution in [-0.2, 0) is 13.6 Å². The summed E-state index contributed by atoms with van der Waals surface area (Å²) < 4.78 is 1.73. The standard InChI is InChI=1S/C15H17ClN6/c1-3-17-15-20-13(11-9-19-22(2)14(11)21-15)18-8-10-6-4-5-7-12(10)16/h4-7,9H,3,8H2,1-2H3,(H2,17,18,20,21). The zero-order valence-corrected chi connectivity index (χ0v) is 13.2. The molecule has 3 aromatic rings. The predicted octanol–water partition coefficient (Wildman–Crippen LogP) is 3.06. The highest BCUT2D eigenvalue weighted by Gasteiger charge is 2.11. The number of rotatable bonds is 5. The van der Waals surface area contributed by atoms with Gasteiger partial charge in [0.2, 0.25) is 5.95 Å². The summed E-state index contributed by atoms with van der Waals surface area (Å²) in [6.07, 6.45) is 1.76. The molecule has 2 aromatic heterocycles. The number of aromatic nitrogens is 4. The van der Waals surface area contributed by atoms with Gasteiger partial charge >= 0.3 is 0 Å². The molecule has 0 unspecified atom stereocenters. The first-order valence-electron chi connectivity index (χ1n) is 7.10. The molecule has 7 heteroatoms. The number of hydrogen-bond acceptors (Lipinski definition) is 5. The number of benzene rings is 1. The van der Waals surface area contributed by atoms with Gasteiger partial charge in [0, 0.05) is 25.2 Å². The third-order valence-electron chi connectivity index (χ3n) is 3.33. The fourth-order valence-corrected chi connectivity index (χ4v) is 2.42. The van der Waals surface area contributed by atoms with E-state index in [1.165, 1.54) is 0 Å². The maximum absolute atomic E-state index is 6.19. The van der Waals surface area contributed by atoms with Gasteiger partial charge in [-0.2, -0.15) is 15.1 Å². The molecule has 0 aliphatic heterocycles. The van der Waals surface area contributed by atoms with Gasteiger partial charge in [0.1, 0.15) is 5.82 Å². The van der Waals surface area contributed by atoms with Crippen LogP contribution < -0.4 is 10.6 Å². The lowest BCUT2D eigenvalue weighted by molar-refractivity contribution is 0.785. The Bertz CT molecular complexity index is 798. The van der Waals surface area contributed by atoms with Crippen molar-refractivity contribution in [2.75, 3.05) is 17.2 Å². The number of aryl methyl sites for hydroxylation is 1. The highest BCUT2D eigenvalue weighted by molar-refractivity contribution is 6.31. The maximum Gasteiger partial charge on any atom is 0.226 e. The smallest absolute Gasteiger partial charge is 0.226 e. The van der Waals surface area contributed by atoms with Crippen LogP contribution in [-0.4, -0.2) is 26.3 Å². The molecule has 0 saturated heterocycles. The Morgan fingerprint density at radius 3 is 2.77 bits per heavy atom. The zero-order chi connectivity index (χ0) is 15.5. The average molecular weight is 317 g/mol. The minimum atomic E-state index is 0.584. The van der Waals surface area contributed by atoms with Crippen molar-refractivity contribution in [1.29, 1.82) is 0 Å². The van der Waals surface area contributed by atoms with Gasteiger partial charge in [0.25, 0.3) is 0 Å². The number of anilines is 2. The molecular weight excluding hydrogens is 300 g/mol. The normalized spacial score (nSPS) is 10.9. The van der Waals surface area contributed by atoms with Gasteiger partial charge in [0.05, 0.1) is 11.6 Å². The third-order valence-corrected chi connectivity index (χ3v) is 3.70. The summed E-state index contributed by atoms with van der Waals surface area (Å²) in [6, 6.07) is 7.75. The minimum absolute atomic E-state index is 0.584. The lowest BCUT2D eigenvalue weighted by atomic mass is 10.2. The Balaban J connectivity index is 1.93. The molecule has 2 heterocycles. The van der Waals surface area contributed by atoms with Gasteiger partial charge in [-0.15, -0.1) is 0 Å². The van der Waals surface area contributed by atoms with E-state index in [0.717, 1.165) is 34.0 Å². The monoisotopic (exact) mass is 316 g/mol. The molecule has 0 saturated carbocycles. The molecule has 0 amide bonds. The second-order valence-electron chi connectivity index (χ2n) is 4.88. The molecule has 0 bridgehead atoms. The summed E-state index contributed by atoms with van der Waals surface area (Å²) in [5.74, 6) is 1.33. The van der Waals surface area contributed by atoms with Crippen molar-refractivity contribution in [3.8, 4) is 0 Å². The van der Waals surface area contributed by atoms with Gasteiger partial charge < -0.3 is 10.6 Å². The molecule has 22 heavy (non-hydrogen) atoms. The van der Waals surface area contributed by atoms with Gasteiger partial charge in [-0.25, -0.2) is 0 Å². The van der Waals surface area contributed by atoms with E-state index in [1.807, 2.05) is 38.2 Å². The van der Waals surface area contributed by atoms with Crippen LogP contribution in [0.15, 0.2) is 30.5 Å². The highest BCUT2D eigenvalue weighted by Crippen LogP contribution is 2.23. The molecule has 6 nitrogen and oxygen atoms in total. The molecule has 0 fully saturated rings. The maximum atomic E-state index is 6.19. The average Bonchev–Trinajstić information content (AvgIpc) is 2.88. The Morgan fingerprint density at radius 1 is 1.18 bits per heavy atom. The van der Waals surface area contributed by atoms with E-state index >= 15 is 0 Å². The Labute approximate surface area is 133 Å². The predicted molar refractivity (Wildman–Crippen MR) is 89.2 cm³/mol. The first-order chi connectivity index (χ1) is 10.7. The number of hydrogen-bond donors (Lipinski definition) is 2. The highest BCUT2D eigenvalue weighted by atomic mass is 35.5. The van der Waals surface area contributed by atoms with Crippen LogP contribution in [0.1, 0.15) is 12.5 Å². The fraction of sp³-hybridized carbons (Fsp3) is 0.267. The molecule has 114 valence electrons. The van der Waals surface area contributed by atoms with E-state index in [-0.39, 0.29) is 0 Å². The van der Waals surface area contributed by atoms with E-state index in [2.05, 4.69) is 25.7 Å². The van der Waals surface area contributed by atoms with Crippen LogP contribution in [0.4, 0.5) is 11.8 Å². The van der Waals surface area contributed by atoms with Crippen LogP contribution in [0.2, 0.25) is 5.02 Å². The van der Waals surface area contributed by atoms with Crippen molar-refractivity contribution >= 4 is 34.4 Å². The molecule has 1 aromatic carbocycles. The van der Waals surface area contributed by atoms with Gasteiger partial charge in [-0.1, -0.05) is 29.8 Å². The quantitative estimate of drug-likeness (QED) is 0.757. The molecule has 0 aliphatic carbocycles. The topological polar surface area (TPSA) is 67.7 Å². The fourth-order valence-electron chi connectivity index (χ4n) is 2.21. The van der Waals surface area contributed by atoms with Crippen molar-refractivity contribution in [2.45, 2.75) is 13.5 Å². The van der Waals surface area contributed by atoms with Crippen molar-refractivity contribution < 1.29 is 0 Å². The Hall–Kier alpha value is -2.34. The van der Waals surface area contributed by atoms with Crippen LogP contribution >= 0.6 is 11.6 Å². The van der Waals surface area contributed by atoms with Gasteiger partial charge in [0.15, 0.2) is 5.65 Å². The zero-order valence-electron chi connectivity index (χ0n) is 12.5. The van der Waals surface area contributed by atoms with E-state index in [9.17, 15) is 0 Å². The second kappa shape index (κ2) is 6.19. The summed E-state index contributed by atoms with van der Waals surface area (Å²) in [4.78, 5) is 8.99.